The second-order valence-corrected chi connectivity index (χ2v) is 9.92. The number of nitrogens with zero attached hydrogens (tertiary/aromatic N) is 5. The Morgan fingerprint density at radius 3 is 2.74 bits per heavy atom. The number of fused-ring (bicyclic) bond motifs is 1. The van der Waals surface area contributed by atoms with Crippen LogP contribution in [0.1, 0.15) is 10.4 Å². The van der Waals surface area contributed by atoms with Crippen molar-refractivity contribution in [3.8, 4) is 0 Å². The number of amides is 2. The lowest BCUT2D eigenvalue weighted by Gasteiger charge is -2.50. The Bertz CT molecular complexity index is 1280. The molecule has 17 heteroatoms. The molecule has 38 heavy (non-hydrogen) atoms. The number of carbonyl (C=O) groups is 4. The molecule has 1 saturated heterocycles. The highest BCUT2D eigenvalue weighted by Crippen LogP contribution is 2.40. The van der Waals surface area contributed by atoms with Crippen molar-refractivity contribution in [1.82, 2.24) is 14.5 Å². The van der Waals surface area contributed by atoms with Gasteiger partial charge in [-0.05, 0) is 11.6 Å². The van der Waals surface area contributed by atoms with Gasteiger partial charge in [0, 0.05) is 29.8 Å². The fraction of sp³-hybridized carbons (Fsp3) is 0.286. The van der Waals surface area contributed by atoms with Crippen molar-refractivity contribution in [2.75, 3.05) is 19.3 Å². The van der Waals surface area contributed by atoms with Gasteiger partial charge in [-0.2, -0.15) is 0 Å². The lowest BCUT2D eigenvalue weighted by molar-refractivity contribution is -0.687. The van der Waals surface area contributed by atoms with Gasteiger partial charge in [0.1, 0.15) is 18.1 Å². The molecule has 4 heterocycles. The Morgan fingerprint density at radius 1 is 1.39 bits per heavy atom. The number of oxime groups is 1. The summed E-state index contributed by atoms with van der Waals surface area (Å²) in [7, 11) is 0. The molecule has 200 valence electrons. The SMILES string of the molecule is NC1=NCN(/C(=N\OCF)C(=O)N[C@@H]2C(=O)N3C(C(=O)[O-])=C(/C=C/C[n+]4ccc(C(=O)O)cc4)CS[C@@H]23)S1. The molecular weight excluding hydrogens is 545 g/mol. The maximum Gasteiger partial charge on any atom is 0.336 e. The Kier molecular flexibility index (Phi) is 8.16. The number of thioether (sulfide) groups is 1. The van der Waals surface area contributed by atoms with Gasteiger partial charge in [-0.25, -0.2) is 18.7 Å². The van der Waals surface area contributed by atoms with Crippen LogP contribution in [0, 0.1) is 0 Å². The number of aromatic nitrogens is 1. The standard InChI is InChI=1S/C21H20FN7O7S2/c22-9-36-26-15(28-10-24-21(23)38-28)16(30)25-13-17(31)29-14(20(34)35)12(8-37-18(13)29)2-1-5-27-6-3-11(4-7-27)19(32)33/h1-4,6-7,13,18H,5,8-10H2,(H4-,23,24,25,30,32,33,34,35)/b2-1+,26-15-/t13-,18+/m1/s1. The highest BCUT2D eigenvalue weighted by Gasteiger charge is 2.53. The molecule has 0 spiro atoms. The van der Waals surface area contributed by atoms with Crippen molar-refractivity contribution in [1.29, 1.82) is 0 Å². The third-order valence-corrected chi connectivity index (χ3v) is 7.58. The largest absolute Gasteiger partial charge is 0.543 e. The number of allylic oxidation sites excluding steroid dienone is 2. The van der Waals surface area contributed by atoms with Gasteiger partial charge in [-0.1, -0.05) is 11.2 Å². The van der Waals surface area contributed by atoms with Crippen LogP contribution in [-0.2, 0) is 25.8 Å². The number of halogens is 1. The van der Waals surface area contributed by atoms with Gasteiger partial charge < -0.3 is 30.9 Å². The van der Waals surface area contributed by atoms with E-state index in [1.54, 1.807) is 29.1 Å². The first-order valence-corrected chi connectivity index (χ1v) is 12.6. The van der Waals surface area contributed by atoms with Crippen LogP contribution < -0.4 is 20.7 Å². The van der Waals surface area contributed by atoms with Crippen LogP contribution in [0.2, 0.25) is 0 Å². The van der Waals surface area contributed by atoms with Crippen molar-refractivity contribution < 1.29 is 43.2 Å². The summed E-state index contributed by atoms with van der Waals surface area (Å²) in [6, 6.07) is 1.79. The monoisotopic (exact) mass is 565 g/mol. The van der Waals surface area contributed by atoms with E-state index in [1.807, 2.05) is 0 Å². The number of nitrogens with one attached hydrogen (secondary N) is 1. The van der Waals surface area contributed by atoms with E-state index in [9.17, 15) is 28.7 Å². The van der Waals surface area contributed by atoms with Crippen LogP contribution >= 0.6 is 23.7 Å². The van der Waals surface area contributed by atoms with E-state index in [-0.39, 0.29) is 34.7 Å². The van der Waals surface area contributed by atoms with Crippen LogP contribution in [0.4, 0.5) is 4.39 Å². The number of carboxylic acid groups (broad SMARTS) is 2. The normalized spacial score (nSPS) is 21.2. The molecule has 0 saturated carbocycles. The topological polar surface area (TPSA) is 194 Å². The summed E-state index contributed by atoms with van der Waals surface area (Å²) in [5.41, 5.74) is 5.75. The Balaban J connectivity index is 1.45. The minimum absolute atomic E-state index is 0.0451. The van der Waals surface area contributed by atoms with E-state index in [4.69, 9.17) is 10.8 Å². The zero-order valence-electron chi connectivity index (χ0n) is 19.4. The van der Waals surface area contributed by atoms with E-state index < -0.39 is 42.0 Å². The summed E-state index contributed by atoms with van der Waals surface area (Å²) >= 11 is 2.11. The molecule has 0 aromatic carbocycles. The predicted molar refractivity (Wildman–Crippen MR) is 130 cm³/mol. The van der Waals surface area contributed by atoms with E-state index in [0.29, 0.717) is 12.1 Å². The number of aromatic carboxylic acids is 1. The highest BCUT2D eigenvalue weighted by atomic mass is 32.2. The van der Waals surface area contributed by atoms with Gasteiger partial charge >= 0.3 is 5.97 Å². The molecule has 3 aliphatic heterocycles. The molecule has 1 aromatic rings. The molecule has 0 radical (unpaired) electrons. The number of amidine groups is 2. The number of nitrogens with two attached hydrogens (primary N) is 1. The summed E-state index contributed by atoms with van der Waals surface area (Å²) in [5.74, 6) is -4.28. The highest BCUT2D eigenvalue weighted by molar-refractivity contribution is 8.12. The Morgan fingerprint density at radius 2 is 2.13 bits per heavy atom. The van der Waals surface area contributed by atoms with Gasteiger partial charge in [-0.15, -0.1) is 11.8 Å². The number of aliphatic carboxylic acids is 1. The number of rotatable bonds is 8. The third kappa shape index (κ3) is 5.57. The van der Waals surface area contributed by atoms with Crippen LogP contribution in [0.25, 0.3) is 0 Å². The summed E-state index contributed by atoms with van der Waals surface area (Å²) in [5, 5.41) is 26.3. The summed E-state index contributed by atoms with van der Waals surface area (Å²) < 4.78 is 15.4. The average molecular weight is 566 g/mol. The summed E-state index contributed by atoms with van der Waals surface area (Å²) in [6.45, 7) is -1.02. The number of carbonyl (C=O) groups excluding carboxylic acids is 3. The lowest BCUT2D eigenvalue weighted by Crippen LogP contribution is -2.71. The predicted octanol–water partition coefficient (Wildman–Crippen LogP) is -1.87. The number of hydrogen-bond acceptors (Lipinski definition) is 11. The summed E-state index contributed by atoms with van der Waals surface area (Å²) in [6.07, 6.45) is 6.35. The minimum Gasteiger partial charge on any atom is -0.543 e. The number of β-lactam (4-membered cyclic amide) rings is 1. The second kappa shape index (κ2) is 11.5. The van der Waals surface area contributed by atoms with Crippen molar-refractivity contribution >= 4 is 58.5 Å². The van der Waals surface area contributed by atoms with Gasteiger partial charge in [-0.3, -0.25) is 18.8 Å². The molecule has 0 aliphatic carbocycles. The lowest BCUT2D eigenvalue weighted by atomic mass is 10.0. The maximum atomic E-state index is 12.9. The molecule has 3 aliphatic rings. The van der Waals surface area contributed by atoms with Crippen molar-refractivity contribution in [2.24, 2.45) is 15.9 Å². The second-order valence-electron chi connectivity index (χ2n) is 7.77. The van der Waals surface area contributed by atoms with Gasteiger partial charge in [0.2, 0.25) is 5.84 Å². The Labute approximate surface area is 222 Å². The van der Waals surface area contributed by atoms with E-state index >= 15 is 0 Å². The molecule has 0 bridgehead atoms. The maximum absolute atomic E-state index is 12.9. The number of alkyl halides is 1. The van der Waals surface area contributed by atoms with Crippen molar-refractivity contribution in [3.63, 3.8) is 0 Å². The molecule has 0 unspecified atom stereocenters. The first-order chi connectivity index (χ1) is 18.2. The quantitative estimate of drug-likeness (QED) is 0.0798. The van der Waals surface area contributed by atoms with E-state index in [2.05, 4.69) is 20.3 Å². The van der Waals surface area contributed by atoms with Crippen LogP contribution in [0.3, 0.4) is 0 Å². The molecule has 4 rings (SSSR count). The number of pyridine rings is 1. The molecule has 4 N–H and O–H groups in total. The molecule has 1 fully saturated rings. The van der Waals surface area contributed by atoms with Crippen molar-refractivity contribution in [3.05, 3.63) is 53.5 Å². The van der Waals surface area contributed by atoms with E-state index in [0.717, 1.165) is 16.8 Å². The molecule has 14 nitrogen and oxygen atoms in total. The zero-order valence-corrected chi connectivity index (χ0v) is 21.0. The molecular formula is C21H20FN7O7S2. The third-order valence-electron chi connectivity index (χ3n) is 5.45. The Hall–Kier alpha value is -4.12. The molecule has 2 atom stereocenters. The smallest absolute Gasteiger partial charge is 0.336 e. The van der Waals surface area contributed by atoms with Gasteiger partial charge in [0.25, 0.3) is 18.7 Å². The number of carboxylic acids is 2. The minimum atomic E-state index is -1.55. The van der Waals surface area contributed by atoms with Crippen LogP contribution in [-0.4, -0.2) is 79.8 Å². The van der Waals surface area contributed by atoms with Crippen LogP contribution in [0.5, 0.6) is 0 Å². The zero-order chi connectivity index (χ0) is 27.4. The summed E-state index contributed by atoms with van der Waals surface area (Å²) in [4.78, 5) is 57.9. The number of hydrogen-bond donors (Lipinski definition) is 3. The number of aliphatic imine (C=N–C) groups is 1. The van der Waals surface area contributed by atoms with Gasteiger partial charge in [0.15, 0.2) is 24.1 Å². The first-order valence-electron chi connectivity index (χ1n) is 10.8. The van der Waals surface area contributed by atoms with Crippen LogP contribution in [0.15, 0.2) is 58.1 Å². The average Bonchev–Trinajstić information content (AvgIpc) is 3.32. The van der Waals surface area contributed by atoms with Crippen molar-refractivity contribution in [2.45, 2.75) is 18.0 Å². The molecule has 2 amide bonds. The fourth-order valence-electron chi connectivity index (χ4n) is 3.70. The van der Waals surface area contributed by atoms with E-state index in [1.165, 1.54) is 28.2 Å². The fourth-order valence-corrected chi connectivity index (χ4v) is 5.68. The first kappa shape index (κ1) is 26.9. The van der Waals surface area contributed by atoms with Gasteiger partial charge in [0.05, 0.1) is 17.2 Å². The molecule has 1 aromatic heterocycles.